The number of benzene rings is 1. The summed E-state index contributed by atoms with van der Waals surface area (Å²) in [6.45, 7) is -0.0739. The number of hydrogen-bond acceptors (Lipinski definition) is 4. The van der Waals surface area contributed by atoms with Crippen LogP contribution in [-0.2, 0) is 6.42 Å². The molecule has 0 saturated carbocycles. The third kappa shape index (κ3) is 3.12. The van der Waals surface area contributed by atoms with E-state index in [4.69, 9.17) is 9.47 Å². The predicted octanol–water partition coefficient (Wildman–Crippen LogP) is 1.52. The lowest BCUT2D eigenvalue weighted by molar-refractivity contribution is -0.479. The summed E-state index contributed by atoms with van der Waals surface area (Å²) in [7, 11) is 3.09. The van der Waals surface area contributed by atoms with Gasteiger partial charge in [-0.2, -0.15) is 0 Å². The van der Waals surface area contributed by atoms with Crippen LogP contribution in [0.1, 0.15) is 5.56 Å². The van der Waals surface area contributed by atoms with Crippen molar-refractivity contribution < 1.29 is 14.4 Å². The molecule has 0 aliphatic carbocycles. The fourth-order valence-electron chi connectivity index (χ4n) is 1.26. The van der Waals surface area contributed by atoms with E-state index in [1.165, 1.54) is 7.11 Å². The van der Waals surface area contributed by atoms with Crippen molar-refractivity contribution in [2.45, 2.75) is 6.42 Å². The van der Waals surface area contributed by atoms with Gasteiger partial charge in [-0.1, -0.05) is 6.07 Å². The van der Waals surface area contributed by atoms with Gasteiger partial charge in [-0.3, -0.25) is 10.1 Å². The Kier molecular flexibility index (Phi) is 3.91. The summed E-state index contributed by atoms with van der Waals surface area (Å²) in [5.74, 6) is 1.22. The van der Waals surface area contributed by atoms with Gasteiger partial charge in [-0.25, -0.2) is 0 Å². The summed E-state index contributed by atoms with van der Waals surface area (Å²) >= 11 is 0. The van der Waals surface area contributed by atoms with Gasteiger partial charge >= 0.3 is 0 Å². The number of nitrogens with zero attached hydrogens (tertiary/aromatic N) is 1. The number of ether oxygens (including phenoxy) is 2. The van der Waals surface area contributed by atoms with Crippen molar-refractivity contribution in [1.82, 2.24) is 0 Å². The first-order chi connectivity index (χ1) is 7.17. The molecule has 1 aromatic rings. The van der Waals surface area contributed by atoms with E-state index < -0.39 is 0 Å². The molecule has 1 aromatic carbocycles. The average Bonchev–Trinajstić information content (AvgIpc) is 2.25. The number of rotatable bonds is 5. The van der Waals surface area contributed by atoms with Gasteiger partial charge in [0.15, 0.2) is 11.5 Å². The SMILES string of the molecule is COc1ccc(CC[N+](=O)[O-])cc1OC. The number of methoxy groups -OCH3 is 2. The fourth-order valence-corrected chi connectivity index (χ4v) is 1.26. The van der Waals surface area contributed by atoms with E-state index in [2.05, 4.69) is 0 Å². The van der Waals surface area contributed by atoms with Crippen LogP contribution in [0.5, 0.6) is 11.5 Å². The highest BCUT2D eigenvalue weighted by Gasteiger charge is 2.06. The minimum absolute atomic E-state index is 0.0739. The van der Waals surface area contributed by atoms with E-state index in [0.717, 1.165) is 5.56 Å². The molecule has 0 radical (unpaired) electrons. The molecule has 0 fully saturated rings. The zero-order valence-corrected chi connectivity index (χ0v) is 8.73. The maximum atomic E-state index is 10.2. The van der Waals surface area contributed by atoms with Crippen LogP contribution >= 0.6 is 0 Å². The molecule has 0 saturated heterocycles. The minimum Gasteiger partial charge on any atom is -0.493 e. The second-order valence-electron chi connectivity index (χ2n) is 3.00. The van der Waals surface area contributed by atoms with Gasteiger partial charge in [0.25, 0.3) is 0 Å². The van der Waals surface area contributed by atoms with E-state index >= 15 is 0 Å². The summed E-state index contributed by atoms with van der Waals surface area (Å²) in [6, 6.07) is 5.29. The summed E-state index contributed by atoms with van der Waals surface area (Å²) in [5, 5.41) is 10.2. The molecular formula is C10H13NO4. The highest BCUT2D eigenvalue weighted by molar-refractivity contribution is 5.42. The molecule has 0 N–H and O–H groups in total. The van der Waals surface area contributed by atoms with Gasteiger partial charge in [0.2, 0.25) is 6.54 Å². The largest absolute Gasteiger partial charge is 0.493 e. The van der Waals surface area contributed by atoms with Crippen molar-refractivity contribution in [2.24, 2.45) is 0 Å². The maximum Gasteiger partial charge on any atom is 0.207 e. The standard InChI is InChI=1S/C10H13NO4/c1-14-9-4-3-8(5-6-11(12)13)7-10(9)15-2/h3-4,7H,5-6H2,1-2H3. The molecule has 0 aliphatic rings. The number of hydrogen-bond donors (Lipinski definition) is 0. The molecule has 0 heterocycles. The van der Waals surface area contributed by atoms with Crippen molar-refractivity contribution in [3.05, 3.63) is 33.9 Å². The van der Waals surface area contributed by atoms with Crippen molar-refractivity contribution >= 4 is 0 Å². The Morgan fingerprint density at radius 3 is 2.47 bits per heavy atom. The average molecular weight is 211 g/mol. The normalized spacial score (nSPS) is 9.73. The zero-order valence-electron chi connectivity index (χ0n) is 8.73. The molecule has 0 unspecified atom stereocenters. The van der Waals surface area contributed by atoms with Gasteiger partial charge < -0.3 is 9.47 Å². The van der Waals surface area contributed by atoms with E-state index in [1.807, 2.05) is 0 Å². The predicted molar refractivity (Wildman–Crippen MR) is 55.1 cm³/mol. The molecule has 0 aromatic heterocycles. The van der Waals surface area contributed by atoms with Gasteiger partial charge in [0, 0.05) is 11.3 Å². The third-order valence-electron chi connectivity index (χ3n) is 2.03. The molecule has 5 heteroatoms. The smallest absolute Gasteiger partial charge is 0.207 e. The lowest BCUT2D eigenvalue weighted by atomic mass is 10.1. The second-order valence-corrected chi connectivity index (χ2v) is 3.00. The van der Waals surface area contributed by atoms with Gasteiger partial charge in [-0.15, -0.1) is 0 Å². The van der Waals surface area contributed by atoms with E-state index in [9.17, 15) is 10.1 Å². The van der Waals surface area contributed by atoms with Gasteiger partial charge in [0.05, 0.1) is 14.2 Å². The molecular weight excluding hydrogens is 198 g/mol. The van der Waals surface area contributed by atoms with Crippen LogP contribution in [0.15, 0.2) is 18.2 Å². The molecule has 0 atom stereocenters. The summed E-state index contributed by atoms with van der Waals surface area (Å²) in [5.41, 5.74) is 0.865. The van der Waals surface area contributed by atoms with Crippen LogP contribution in [0.2, 0.25) is 0 Å². The van der Waals surface area contributed by atoms with Gasteiger partial charge in [0.1, 0.15) is 0 Å². The van der Waals surface area contributed by atoms with Crippen molar-refractivity contribution in [3.63, 3.8) is 0 Å². The maximum absolute atomic E-state index is 10.2. The summed E-state index contributed by atoms with van der Waals surface area (Å²) in [4.78, 5) is 9.86. The first-order valence-electron chi connectivity index (χ1n) is 4.50. The van der Waals surface area contributed by atoms with Gasteiger partial charge in [-0.05, 0) is 17.7 Å². The Bertz CT molecular complexity index is 351. The second kappa shape index (κ2) is 5.19. The first-order valence-corrected chi connectivity index (χ1v) is 4.50. The lowest BCUT2D eigenvalue weighted by Crippen LogP contribution is -2.04. The van der Waals surface area contributed by atoms with Crippen LogP contribution in [0.4, 0.5) is 0 Å². The third-order valence-corrected chi connectivity index (χ3v) is 2.03. The van der Waals surface area contributed by atoms with Crippen LogP contribution in [-0.4, -0.2) is 25.7 Å². The number of nitro groups is 1. The topological polar surface area (TPSA) is 61.6 Å². The molecule has 0 aliphatic heterocycles. The Hall–Kier alpha value is -1.78. The van der Waals surface area contributed by atoms with Crippen molar-refractivity contribution in [2.75, 3.05) is 20.8 Å². The molecule has 15 heavy (non-hydrogen) atoms. The summed E-state index contributed by atoms with van der Waals surface area (Å²) in [6.07, 6.45) is 0.396. The molecule has 0 spiro atoms. The Balaban J connectivity index is 2.78. The van der Waals surface area contributed by atoms with Crippen LogP contribution in [0.25, 0.3) is 0 Å². The first kappa shape index (κ1) is 11.3. The highest BCUT2D eigenvalue weighted by Crippen LogP contribution is 2.27. The van der Waals surface area contributed by atoms with Crippen molar-refractivity contribution in [3.8, 4) is 11.5 Å². The molecule has 82 valence electrons. The zero-order chi connectivity index (χ0) is 11.3. The monoisotopic (exact) mass is 211 g/mol. The molecule has 5 nitrogen and oxygen atoms in total. The summed E-state index contributed by atoms with van der Waals surface area (Å²) < 4.78 is 10.1. The highest BCUT2D eigenvalue weighted by atomic mass is 16.6. The Labute approximate surface area is 87.8 Å². The fraction of sp³-hybridized carbons (Fsp3) is 0.400. The van der Waals surface area contributed by atoms with E-state index in [-0.39, 0.29) is 11.5 Å². The quantitative estimate of drug-likeness (QED) is 0.547. The van der Waals surface area contributed by atoms with E-state index in [1.54, 1.807) is 25.3 Å². The minimum atomic E-state index is -0.337. The molecule has 0 amide bonds. The van der Waals surface area contributed by atoms with Crippen LogP contribution in [0.3, 0.4) is 0 Å². The lowest BCUT2D eigenvalue weighted by Gasteiger charge is -2.08. The Morgan fingerprint density at radius 2 is 1.93 bits per heavy atom. The van der Waals surface area contributed by atoms with Crippen LogP contribution in [0, 0.1) is 10.1 Å². The van der Waals surface area contributed by atoms with Crippen molar-refractivity contribution in [1.29, 1.82) is 0 Å². The van der Waals surface area contributed by atoms with E-state index in [0.29, 0.717) is 17.9 Å². The molecule has 1 rings (SSSR count). The Morgan fingerprint density at radius 1 is 1.27 bits per heavy atom. The molecule has 0 bridgehead atoms. The van der Waals surface area contributed by atoms with Crippen LogP contribution < -0.4 is 9.47 Å².